The second-order valence-corrected chi connectivity index (χ2v) is 8.18. The molecule has 2 N–H and O–H groups in total. The normalized spacial score (nSPS) is 22.1. The van der Waals surface area contributed by atoms with E-state index < -0.39 is 10.0 Å². The van der Waals surface area contributed by atoms with Crippen LogP contribution in [0.1, 0.15) is 29.6 Å². The first-order chi connectivity index (χ1) is 11.4. The van der Waals surface area contributed by atoms with E-state index in [0.29, 0.717) is 31.7 Å². The van der Waals surface area contributed by atoms with Crippen molar-refractivity contribution in [3.63, 3.8) is 0 Å². The summed E-state index contributed by atoms with van der Waals surface area (Å²) in [5, 5.41) is 0. The van der Waals surface area contributed by atoms with Crippen LogP contribution in [-0.4, -0.2) is 62.9 Å². The summed E-state index contributed by atoms with van der Waals surface area (Å²) in [4.78, 5) is 14.3. The highest BCUT2D eigenvalue weighted by Crippen LogP contribution is 2.30. The number of hydrogen-bond acceptors (Lipinski definition) is 5. The number of methoxy groups -OCH3 is 1. The van der Waals surface area contributed by atoms with Crippen LogP contribution in [-0.2, 0) is 10.0 Å². The first-order valence-electron chi connectivity index (χ1n) is 8.16. The SMILES string of the molecule is COc1ccc(C(=O)N2CC[C@@H](N)C2)cc1S(=O)(=O)N1CCCC1. The maximum absolute atomic E-state index is 12.9. The molecule has 2 heterocycles. The molecule has 0 spiro atoms. The highest BCUT2D eigenvalue weighted by atomic mass is 32.2. The van der Waals surface area contributed by atoms with E-state index >= 15 is 0 Å². The number of nitrogens with zero attached hydrogens (tertiary/aromatic N) is 2. The van der Waals surface area contributed by atoms with E-state index in [-0.39, 0.29) is 22.6 Å². The van der Waals surface area contributed by atoms with Gasteiger partial charge in [0.15, 0.2) is 0 Å². The average Bonchev–Trinajstić information content (AvgIpc) is 3.25. The summed E-state index contributed by atoms with van der Waals surface area (Å²) in [6, 6.07) is 4.57. The van der Waals surface area contributed by atoms with Crippen molar-refractivity contribution >= 4 is 15.9 Å². The van der Waals surface area contributed by atoms with Gasteiger partial charge in [-0.25, -0.2) is 8.42 Å². The van der Waals surface area contributed by atoms with Gasteiger partial charge in [-0.3, -0.25) is 4.79 Å². The van der Waals surface area contributed by atoms with Crippen LogP contribution in [0.3, 0.4) is 0 Å². The number of nitrogens with two attached hydrogens (primary N) is 1. The monoisotopic (exact) mass is 353 g/mol. The lowest BCUT2D eigenvalue weighted by molar-refractivity contribution is 0.0790. The van der Waals surface area contributed by atoms with Crippen molar-refractivity contribution in [1.29, 1.82) is 0 Å². The highest BCUT2D eigenvalue weighted by molar-refractivity contribution is 7.89. The molecule has 1 amide bonds. The summed E-state index contributed by atoms with van der Waals surface area (Å²) in [5.41, 5.74) is 6.20. The van der Waals surface area contributed by atoms with Crippen molar-refractivity contribution in [3.05, 3.63) is 23.8 Å². The number of ether oxygens (including phenoxy) is 1. The van der Waals surface area contributed by atoms with E-state index in [2.05, 4.69) is 0 Å². The summed E-state index contributed by atoms with van der Waals surface area (Å²) in [5.74, 6) is 0.0695. The first-order valence-corrected chi connectivity index (χ1v) is 9.60. The van der Waals surface area contributed by atoms with Crippen LogP contribution < -0.4 is 10.5 Å². The number of hydrogen-bond donors (Lipinski definition) is 1. The number of amides is 1. The topological polar surface area (TPSA) is 92.9 Å². The van der Waals surface area contributed by atoms with Crippen molar-refractivity contribution in [3.8, 4) is 5.75 Å². The zero-order chi connectivity index (χ0) is 17.3. The molecule has 1 aromatic carbocycles. The molecule has 132 valence electrons. The van der Waals surface area contributed by atoms with E-state index in [4.69, 9.17) is 10.5 Å². The molecule has 1 aromatic rings. The lowest BCUT2D eigenvalue weighted by Crippen LogP contribution is -2.32. The fourth-order valence-electron chi connectivity index (χ4n) is 3.23. The lowest BCUT2D eigenvalue weighted by atomic mass is 10.2. The van der Waals surface area contributed by atoms with Gasteiger partial charge in [-0.05, 0) is 37.5 Å². The molecular formula is C16H23N3O4S. The molecule has 0 radical (unpaired) electrons. The number of rotatable bonds is 4. The van der Waals surface area contributed by atoms with Gasteiger partial charge in [0.25, 0.3) is 5.91 Å². The van der Waals surface area contributed by atoms with E-state index in [1.54, 1.807) is 17.0 Å². The van der Waals surface area contributed by atoms with Crippen LogP contribution in [0.4, 0.5) is 0 Å². The van der Waals surface area contributed by atoms with Gasteiger partial charge >= 0.3 is 0 Å². The van der Waals surface area contributed by atoms with E-state index in [0.717, 1.165) is 19.3 Å². The Labute approximate surface area is 142 Å². The summed E-state index contributed by atoms with van der Waals surface area (Å²) in [6.07, 6.45) is 2.47. The van der Waals surface area contributed by atoms with Gasteiger partial charge in [0, 0.05) is 37.8 Å². The molecule has 0 saturated carbocycles. The number of carbonyl (C=O) groups excluding carboxylic acids is 1. The fourth-order valence-corrected chi connectivity index (χ4v) is 4.93. The van der Waals surface area contributed by atoms with Crippen molar-refractivity contribution in [1.82, 2.24) is 9.21 Å². The molecule has 2 aliphatic rings. The smallest absolute Gasteiger partial charge is 0.253 e. The van der Waals surface area contributed by atoms with E-state index in [1.165, 1.54) is 17.5 Å². The number of benzene rings is 1. The second-order valence-electron chi connectivity index (χ2n) is 6.28. The van der Waals surface area contributed by atoms with Crippen LogP contribution in [0.2, 0.25) is 0 Å². The number of carbonyl (C=O) groups is 1. The molecule has 0 aliphatic carbocycles. The van der Waals surface area contributed by atoms with Gasteiger partial charge < -0.3 is 15.4 Å². The van der Waals surface area contributed by atoms with Crippen molar-refractivity contribution in [2.45, 2.75) is 30.2 Å². The third kappa shape index (κ3) is 3.13. The molecule has 2 aliphatic heterocycles. The minimum absolute atomic E-state index is 0.0139. The van der Waals surface area contributed by atoms with Gasteiger partial charge in [0.2, 0.25) is 10.0 Å². The maximum Gasteiger partial charge on any atom is 0.253 e. The maximum atomic E-state index is 12.9. The van der Waals surface area contributed by atoms with Crippen molar-refractivity contribution in [2.24, 2.45) is 5.73 Å². The summed E-state index contributed by atoms with van der Waals surface area (Å²) < 4.78 is 32.4. The third-order valence-corrected chi connectivity index (χ3v) is 6.53. The summed E-state index contributed by atoms with van der Waals surface area (Å²) in [7, 11) is -2.23. The Balaban J connectivity index is 1.95. The molecule has 24 heavy (non-hydrogen) atoms. The molecule has 7 nitrogen and oxygen atoms in total. The van der Waals surface area contributed by atoms with Gasteiger partial charge in [-0.15, -0.1) is 0 Å². The Morgan fingerprint density at radius 3 is 2.54 bits per heavy atom. The minimum atomic E-state index is -3.66. The van der Waals surface area contributed by atoms with Crippen LogP contribution in [0.25, 0.3) is 0 Å². The highest BCUT2D eigenvalue weighted by Gasteiger charge is 2.32. The van der Waals surface area contributed by atoms with Crippen LogP contribution in [0, 0.1) is 0 Å². The predicted octanol–water partition coefficient (Wildman–Crippen LogP) is 0.653. The Bertz CT molecular complexity index is 729. The Morgan fingerprint density at radius 1 is 1.25 bits per heavy atom. The molecule has 0 aromatic heterocycles. The van der Waals surface area contributed by atoms with Crippen LogP contribution in [0.5, 0.6) is 5.75 Å². The zero-order valence-electron chi connectivity index (χ0n) is 13.8. The lowest BCUT2D eigenvalue weighted by Gasteiger charge is -2.20. The fraction of sp³-hybridized carbons (Fsp3) is 0.562. The number of likely N-dealkylation sites (tertiary alicyclic amines) is 1. The molecule has 8 heteroatoms. The van der Waals surface area contributed by atoms with E-state index in [1.807, 2.05) is 0 Å². The molecular weight excluding hydrogens is 330 g/mol. The van der Waals surface area contributed by atoms with Gasteiger partial charge in [-0.1, -0.05) is 0 Å². The van der Waals surface area contributed by atoms with E-state index in [9.17, 15) is 13.2 Å². The van der Waals surface area contributed by atoms with Crippen molar-refractivity contribution < 1.29 is 17.9 Å². The third-order valence-electron chi connectivity index (χ3n) is 4.61. The Morgan fingerprint density at radius 2 is 1.96 bits per heavy atom. The van der Waals surface area contributed by atoms with Crippen molar-refractivity contribution in [2.75, 3.05) is 33.3 Å². The van der Waals surface area contributed by atoms with Gasteiger partial charge in [-0.2, -0.15) is 4.31 Å². The first kappa shape index (κ1) is 17.2. The summed E-state index contributed by atoms with van der Waals surface area (Å²) in [6.45, 7) is 2.11. The standard InChI is InChI=1S/C16H23N3O4S/c1-23-14-5-4-12(16(20)18-9-6-13(17)11-18)10-15(14)24(21,22)19-7-2-3-8-19/h4-5,10,13H,2-3,6-9,11,17H2,1H3/t13-/m1/s1. The Kier molecular flexibility index (Phi) is 4.80. The average molecular weight is 353 g/mol. The largest absolute Gasteiger partial charge is 0.495 e. The molecule has 0 unspecified atom stereocenters. The molecule has 2 saturated heterocycles. The van der Waals surface area contributed by atoms with Gasteiger partial charge in [0.1, 0.15) is 10.6 Å². The minimum Gasteiger partial charge on any atom is -0.495 e. The molecule has 0 bridgehead atoms. The zero-order valence-corrected chi connectivity index (χ0v) is 14.6. The Hall–Kier alpha value is -1.64. The quantitative estimate of drug-likeness (QED) is 0.858. The molecule has 2 fully saturated rings. The molecule has 1 atom stereocenters. The predicted molar refractivity (Wildman–Crippen MR) is 89.5 cm³/mol. The second kappa shape index (κ2) is 6.70. The molecule has 3 rings (SSSR count). The van der Waals surface area contributed by atoms with Crippen LogP contribution >= 0.6 is 0 Å². The number of sulfonamides is 1. The van der Waals surface area contributed by atoms with Crippen LogP contribution in [0.15, 0.2) is 23.1 Å². The van der Waals surface area contributed by atoms with Gasteiger partial charge in [0.05, 0.1) is 7.11 Å². The summed E-state index contributed by atoms with van der Waals surface area (Å²) >= 11 is 0.